The van der Waals surface area contributed by atoms with Gasteiger partial charge in [0.15, 0.2) is 0 Å². The predicted molar refractivity (Wildman–Crippen MR) is 108 cm³/mol. The Hall–Kier alpha value is -2.89. The molecule has 1 aromatic heterocycles. The molecule has 28 heavy (non-hydrogen) atoms. The first kappa shape index (κ1) is 19.9. The standard InChI is InChI=1S/C22H27N3O3/c1-17(18-8-4-3-5-9-18)14-23(2)22(28)19-10-11-20(26)25(15-19)16-21(27)24-12-6-7-13-24/h3-5,8-11,15,17H,6-7,12-14,16H2,1-2H3. The van der Waals surface area contributed by atoms with Crippen LogP contribution in [0.1, 0.15) is 41.6 Å². The molecule has 6 nitrogen and oxygen atoms in total. The molecule has 1 unspecified atom stereocenters. The number of aromatic nitrogens is 1. The van der Waals surface area contributed by atoms with Crippen molar-refractivity contribution in [3.63, 3.8) is 0 Å². The second kappa shape index (κ2) is 8.87. The molecule has 1 aliphatic heterocycles. The Morgan fingerprint density at radius 1 is 1.07 bits per heavy atom. The molecule has 2 aromatic rings. The minimum absolute atomic E-state index is 0.0237. The van der Waals surface area contributed by atoms with Gasteiger partial charge in [0.1, 0.15) is 6.54 Å². The number of pyridine rings is 1. The van der Waals surface area contributed by atoms with Crippen molar-refractivity contribution in [1.82, 2.24) is 14.4 Å². The molecule has 3 rings (SSSR count). The number of nitrogens with zero attached hydrogens (tertiary/aromatic N) is 3. The maximum atomic E-state index is 12.8. The third-order valence-corrected chi connectivity index (χ3v) is 5.26. The smallest absolute Gasteiger partial charge is 0.255 e. The van der Waals surface area contributed by atoms with Crippen LogP contribution in [0.4, 0.5) is 0 Å². The molecular formula is C22H27N3O3. The third kappa shape index (κ3) is 4.68. The molecule has 0 saturated carbocycles. The van der Waals surface area contributed by atoms with Crippen molar-refractivity contribution in [1.29, 1.82) is 0 Å². The lowest BCUT2D eigenvalue weighted by atomic mass is 10.0. The van der Waals surface area contributed by atoms with E-state index in [2.05, 4.69) is 6.92 Å². The molecule has 2 heterocycles. The molecule has 0 aliphatic carbocycles. The Kier molecular flexibility index (Phi) is 6.29. The van der Waals surface area contributed by atoms with Gasteiger partial charge in [-0.3, -0.25) is 14.4 Å². The van der Waals surface area contributed by atoms with E-state index in [9.17, 15) is 14.4 Å². The van der Waals surface area contributed by atoms with E-state index in [1.54, 1.807) is 16.8 Å². The Labute approximate surface area is 165 Å². The van der Waals surface area contributed by atoms with Crippen LogP contribution in [-0.4, -0.2) is 52.9 Å². The summed E-state index contributed by atoms with van der Waals surface area (Å²) >= 11 is 0. The number of hydrogen-bond acceptors (Lipinski definition) is 3. The number of carbonyl (C=O) groups excluding carboxylic acids is 2. The zero-order valence-corrected chi connectivity index (χ0v) is 16.5. The van der Waals surface area contributed by atoms with E-state index in [0.717, 1.165) is 25.9 Å². The first-order valence-corrected chi connectivity index (χ1v) is 9.74. The Bertz CT molecular complexity index is 885. The average Bonchev–Trinajstić information content (AvgIpc) is 3.24. The highest BCUT2D eigenvalue weighted by Gasteiger charge is 2.20. The van der Waals surface area contributed by atoms with Crippen LogP contribution in [0.15, 0.2) is 53.5 Å². The van der Waals surface area contributed by atoms with E-state index in [0.29, 0.717) is 12.1 Å². The molecule has 0 spiro atoms. The number of rotatable bonds is 6. The highest BCUT2D eigenvalue weighted by molar-refractivity contribution is 5.93. The molecule has 1 saturated heterocycles. The molecular weight excluding hydrogens is 354 g/mol. The van der Waals surface area contributed by atoms with Crippen LogP contribution >= 0.6 is 0 Å². The average molecular weight is 381 g/mol. The van der Waals surface area contributed by atoms with Gasteiger partial charge in [-0.25, -0.2) is 0 Å². The molecule has 0 N–H and O–H groups in total. The first-order chi connectivity index (χ1) is 13.5. The fourth-order valence-corrected chi connectivity index (χ4v) is 3.59. The van der Waals surface area contributed by atoms with Crippen molar-refractivity contribution in [2.24, 2.45) is 0 Å². The number of amides is 2. The summed E-state index contributed by atoms with van der Waals surface area (Å²) in [5.74, 6) is -0.0433. The Balaban J connectivity index is 1.69. The summed E-state index contributed by atoms with van der Waals surface area (Å²) in [5.41, 5.74) is 1.31. The van der Waals surface area contributed by atoms with Crippen molar-refractivity contribution < 1.29 is 9.59 Å². The second-order valence-corrected chi connectivity index (χ2v) is 7.47. The maximum Gasteiger partial charge on any atom is 0.255 e. The topological polar surface area (TPSA) is 62.6 Å². The van der Waals surface area contributed by atoms with E-state index in [4.69, 9.17) is 0 Å². The number of carbonyl (C=O) groups is 2. The Morgan fingerprint density at radius 2 is 1.75 bits per heavy atom. The number of likely N-dealkylation sites (N-methyl/N-ethyl adjacent to an activating group) is 1. The number of hydrogen-bond donors (Lipinski definition) is 0. The van der Waals surface area contributed by atoms with Gasteiger partial charge >= 0.3 is 0 Å². The summed E-state index contributed by atoms with van der Waals surface area (Å²) in [7, 11) is 1.76. The van der Waals surface area contributed by atoms with Crippen molar-refractivity contribution >= 4 is 11.8 Å². The SMILES string of the molecule is CC(CN(C)C(=O)c1ccc(=O)n(CC(=O)N2CCCC2)c1)c1ccccc1. The Morgan fingerprint density at radius 3 is 2.43 bits per heavy atom. The lowest BCUT2D eigenvalue weighted by Crippen LogP contribution is -2.35. The third-order valence-electron chi connectivity index (χ3n) is 5.26. The fraction of sp³-hybridized carbons (Fsp3) is 0.409. The van der Waals surface area contributed by atoms with Crippen molar-refractivity contribution in [3.05, 3.63) is 70.1 Å². The van der Waals surface area contributed by atoms with Gasteiger partial charge in [0.2, 0.25) is 5.91 Å². The van der Waals surface area contributed by atoms with Gasteiger partial charge in [0.05, 0.1) is 5.56 Å². The lowest BCUT2D eigenvalue weighted by molar-refractivity contribution is -0.130. The van der Waals surface area contributed by atoms with Gasteiger partial charge < -0.3 is 14.4 Å². The molecule has 6 heteroatoms. The van der Waals surface area contributed by atoms with Crippen LogP contribution in [0.25, 0.3) is 0 Å². The predicted octanol–water partition coefficient (Wildman–Crippen LogP) is 2.35. The van der Waals surface area contributed by atoms with Gasteiger partial charge in [0, 0.05) is 38.9 Å². The lowest BCUT2D eigenvalue weighted by Gasteiger charge is -2.22. The maximum absolute atomic E-state index is 12.8. The quantitative estimate of drug-likeness (QED) is 0.772. The van der Waals surface area contributed by atoms with Crippen molar-refractivity contribution in [2.45, 2.75) is 32.2 Å². The van der Waals surface area contributed by atoms with E-state index in [1.165, 1.54) is 28.5 Å². The van der Waals surface area contributed by atoms with Crippen LogP contribution in [0.5, 0.6) is 0 Å². The first-order valence-electron chi connectivity index (χ1n) is 9.74. The van der Waals surface area contributed by atoms with Crippen molar-refractivity contribution in [2.75, 3.05) is 26.7 Å². The van der Waals surface area contributed by atoms with E-state index < -0.39 is 0 Å². The minimum Gasteiger partial charge on any atom is -0.341 e. The van der Waals surface area contributed by atoms with Crippen LogP contribution in [0.2, 0.25) is 0 Å². The zero-order valence-electron chi connectivity index (χ0n) is 16.5. The second-order valence-electron chi connectivity index (χ2n) is 7.47. The molecule has 0 bridgehead atoms. The van der Waals surface area contributed by atoms with E-state index in [-0.39, 0.29) is 29.8 Å². The summed E-state index contributed by atoms with van der Waals surface area (Å²) in [5, 5.41) is 0. The molecule has 1 aromatic carbocycles. The van der Waals surface area contributed by atoms with Crippen LogP contribution < -0.4 is 5.56 Å². The molecule has 1 atom stereocenters. The van der Waals surface area contributed by atoms with Gasteiger partial charge in [-0.15, -0.1) is 0 Å². The largest absolute Gasteiger partial charge is 0.341 e. The van der Waals surface area contributed by atoms with E-state index in [1.807, 2.05) is 30.3 Å². The zero-order chi connectivity index (χ0) is 20.1. The van der Waals surface area contributed by atoms with Gasteiger partial charge in [-0.1, -0.05) is 37.3 Å². The molecule has 1 fully saturated rings. The van der Waals surface area contributed by atoms with Crippen LogP contribution in [0, 0.1) is 0 Å². The van der Waals surface area contributed by atoms with Gasteiger partial charge in [-0.2, -0.15) is 0 Å². The van der Waals surface area contributed by atoms with Crippen molar-refractivity contribution in [3.8, 4) is 0 Å². The summed E-state index contributed by atoms with van der Waals surface area (Å²) < 4.78 is 1.34. The highest BCUT2D eigenvalue weighted by Crippen LogP contribution is 2.16. The van der Waals surface area contributed by atoms with Crippen LogP contribution in [-0.2, 0) is 11.3 Å². The number of likely N-dealkylation sites (tertiary alicyclic amines) is 1. The van der Waals surface area contributed by atoms with Gasteiger partial charge in [0.25, 0.3) is 11.5 Å². The monoisotopic (exact) mass is 381 g/mol. The van der Waals surface area contributed by atoms with Gasteiger partial charge in [-0.05, 0) is 30.4 Å². The summed E-state index contributed by atoms with van der Waals surface area (Å²) in [6.07, 6.45) is 3.51. The van der Waals surface area contributed by atoms with E-state index >= 15 is 0 Å². The number of benzene rings is 1. The highest BCUT2D eigenvalue weighted by atomic mass is 16.2. The molecule has 2 amide bonds. The molecule has 1 aliphatic rings. The summed E-state index contributed by atoms with van der Waals surface area (Å²) in [6, 6.07) is 12.9. The summed E-state index contributed by atoms with van der Waals surface area (Å²) in [4.78, 5) is 40.8. The molecule has 0 radical (unpaired) electrons. The fourth-order valence-electron chi connectivity index (χ4n) is 3.59. The normalized spacial score (nSPS) is 14.7. The summed E-state index contributed by atoms with van der Waals surface area (Å²) in [6.45, 7) is 4.10. The van der Waals surface area contributed by atoms with Crippen LogP contribution in [0.3, 0.4) is 0 Å². The molecule has 148 valence electrons. The minimum atomic E-state index is -0.274.